The Morgan fingerprint density at radius 1 is 1.21 bits per heavy atom. The van der Waals surface area contributed by atoms with Crippen molar-refractivity contribution in [3.05, 3.63) is 48.3 Å². The van der Waals surface area contributed by atoms with E-state index in [1.165, 1.54) is 17.3 Å². The first-order chi connectivity index (χ1) is 13.9. The van der Waals surface area contributed by atoms with Crippen LogP contribution in [0.5, 0.6) is 5.75 Å². The third-order valence-corrected chi connectivity index (χ3v) is 5.48. The van der Waals surface area contributed by atoms with Gasteiger partial charge >= 0.3 is 0 Å². The van der Waals surface area contributed by atoms with Gasteiger partial charge in [-0.25, -0.2) is 0 Å². The van der Waals surface area contributed by atoms with Gasteiger partial charge in [0.15, 0.2) is 11.0 Å². The standard InChI is InChI=1S/C22H32N4O2S/c1-7-13-25-20(14-28-19-11-9-18(8-2)10-12-19)23-24-22(25)29-15-21(27)26(16(3)4)17(5)6/h7,9-12,16-17H,1,8,13-15H2,2-6H3. The summed E-state index contributed by atoms with van der Waals surface area (Å²) in [4.78, 5) is 14.5. The number of ether oxygens (including phenoxy) is 1. The van der Waals surface area contributed by atoms with Crippen molar-refractivity contribution in [2.75, 3.05) is 5.75 Å². The Kier molecular flexibility index (Phi) is 8.76. The van der Waals surface area contributed by atoms with Crippen molar-refractivity contribution in [1.29, 1.82) is 0 Å². The molecule has 1 aromatic carbocycles. The van der Waals surface area contributed by atoms with E-state index >= 15 is 0 Å². The number of aromatic nitrogens is 3. The Hall–Kier alpha value is -2.28. The first kappa shape index (κ1) is 23.0. The summed E-state index contributed by atoms with van der Waals surface area (Å²) in [5, 5.41) is 9.24. The van der Waals surface area contributed by atoms with Gasteiger partial charge in [-0.1, -0.05) is 36.9 Å². The molecular weight excluding hydrogens is 384 g/mol. The van der Waals surface area contributed by atoms with Gasteiger partial charge in [0.25, 0.3) is 0 Å². The highest BCUT2D eigenvalue weighted by Crippen LogP contribution is 2.21. The van der Waals surface area contributed by atoms with Crippen LogP contribution in [-0.2, 0) is 24.4 Å². The summed E-state index contributed by atoms with van der Waals surface area (Å²) >= 11 is 1.40. The molecule has 0 radical (unpaired) electrons. The lowest BCUT2D eigenvalue weighted by Gasteiger charge is -2.30. The summed E-state index contributed by atoms with van der Waals surface area (Å²) in [6.07, 6.45) is 2.79. The molecule has 1 heterocycles. The van der Waals surface area contributed by atoms with Crippen LogP contribution in [0.2, 0.25) is 0 Å². The Morgan fingerprint density at radius 2 is 1.86 bits per heavy atom. The molecule has 6 nitrogen and oxygen atoms in total. The highest BCUT2D eigenvalue weighted by Gasteiger charge is 2.21. The van der Waals surface area contributed by atoms with E-state index in [0.29, 0.717) is 29.9 Å². The van der Waals surface area contributed by atoms with Crippen molar-refractivity contribution in [2.45, 2.75) is 71.4 Å². The molecule has 0 N–H and O–H groups in total. The zero-order chi connectivity index (χ0) is 21.4. The Balaban J connectivity index is 2.05. The van der Waals surface area contributed by atoms with Crippen molar-refractivity contribution in [1.82, 2.24) is 19.7 Å². The molecule has 7 heteroatoms. The molecule has 0 aliphatic heterocycles. The van der Waals surface area contributed by atoms with E-state index in [4.69, 9.17) is 4.74 Å². The highest BCUT2D eigenvalue weighted by atomic mass is 32.2. The Morgan fingerprint density at radius 3 is 2.41 bits per heavy atom. The van der Waals surface area contributed by atoms with Gasteiger partial charge in [-0.2, -0.15) is 0 Å². The number of hydrogen-bond acceptors (Lipinski definition) is 5. The summed E-state index contributed by atoms with van der Waals surface area (Å²) in [7, 11) is 0. The molecule has 2 rings (SSSR count). The van der Waals surface area contributed by atoms with Gasteiger partial charge in [-0.3, -0.25) is 9.36 Å². The first-order valence-electron chi connectivity index (χ1n) is 10.1. The number of carbonyl (C=O) groups is 1. The molecule has 0 aliphatic carbocycles. The van der Waals surface area contributed by atoms with Gasteiger partial charge in [-0.15, -0.1) is 16.8 Å². The predicted molar refractivity (Wildman–Crippen MR) is 118 cm³/mol. The molecule has 0 atom stereocenters. The molecule has 0 bridgehead atoms. The number of allylic oxidation sites excluding steroid dienone is 1. The highest BCUT2D eigenvalue weighted by molar-refractivity contribution is 7.99. The fraction of sp³-hybridized carbons (Fsp3) is 0.500. The Labute approximate surface area is 178 Å². The SMILES string of the molecule is C=CCn1c(COc2ccc(CC)cc2)nnc1SCC(=O)N(C(C)C)C(C)C. The van der Waals surface area contributed by atoms with E-state index in [0.717, 1.165) is 12.2 Å². The van der Waals surface area contributed by atoms with Crippen molar-refractivity contribution in [3.8, 4) is 5.75 Å². The van der Waals surface area contributed by atoms with Gasteiger partial charge in [0.05, 0.1) is 5.75 Å². The second-order valence-electron chi connectivity index (χ2n) is 7.36. The van der Waals surface area contributed by atoms with E-state index in [-0.39, 0.29) is 18.0 Å². The van der Waals surface area contributed by atoms with Crippen molar-refractivity contribution >= 4 is 17.7 Å². The fourth-order valence-electron chi connectivity index (χ4n) is 3.19. The van der Waals surface area contributed by atoms with Crippen LogP contribution in [0, 0.1) is 0 Å². The number of amides is 1. The minimum Gasteiger partial charge on any atom is -0.486 e. The number of rotatable bonds is 11. The van der Waals surface area contributed by atoms with E-state index in [2.05, 4.69) is 35.8 Å². The molecule has 0 fully saturated rings. The van der Waals surface area contributed by atoms with E-state index in [1.54, 1.807) is 6.08 Å². The second kappa shape index (κ2) is 11.0. The monoisotopic (exact) mass is 416 g/mol. The predicted octanol–water partition coefficient (Wildman–Crippen LogP) is 4.34. The molecule has 29 heavy (non-hydrogen) atoms. The first-order valence-corrected chi connectivity index (χ1v) is 11.0. The molecule has 1 amide bonds. The summed E-state index contributed by atoms with van der Waals surface area (Å²) in [6, 6.07) is 8.38. The van der Waals surface area contributed by atoms with Gasteiger partial charge in [0, 0.05) is 18.6 Å². The normalized spacial score (nSPS) is 11.1. The van der Waals surface area contributed by atoms with E-state index in [9.17, 15) is 4.79 Å². The molecule has 0 saturated heterocycles. The summed E-state index contributed by atoms with van der Waals surface area (Å²) < 4.78 is 7.82. The van der Waals surface area contributed by atoms with Crippen LogP contribution < -0.4 is 4.74 Å². The zero-order valence-electron chi connectivity index (χ0n) is 18.1. The number of hydrogen-bond donors (Lipinski definition) is 0. The fourth-order valence-corrected chi connectivity index (χ4v) is 4.02. The van der Waals surface area contributed by atoms with E-state index < -0.39 is 0 Å². The average Bonchev–Trinajstić information content (AvgIpc) is 3.06. The maximum absolute atomic E-state index is 12.6. The molecule has 0 spiro atoms. The minimum absolute atomic E-state index is 0.0990. The van der Waals surface area contributed by atoms with Crippen LogP contribution >= 0.6 is 11.8 Å². The van der Waals surface area contributed by atoms with Crippen molar-refractivity contribution < 1.29 is 9.53 Å². The van der Waals surface area contributed by atoms with Crippen LogP contribution in [0.1, 0.15) is 46.0 Å². The van der Waals surface area contributed by atoms with Crippen LogP contribution in [0.15, 0.2) is 42.1 Å². The lowest BCUT2D eigenvalue weighted by atomic mass is 10.2. The molecule has 0 aliphatic rings. The molecule has 0 unspecified atom stereocenters. The lowest BCUT2D eigenvalue weighted by molar-refractivity contribution is -0.131. The number of aryl methyl sites for hydroxylation is 1. The largest absolute Gasteiger partial charge is 0.486 e. The Bertz CT molecular complexity index is 792. The molecule has 158 valence electrons. The molecule has 0 saturated carbocycles. The van der Waals surface area contributed by atoms with Crippen molar-refractivity contribution in [3.63, 3.8) is 0 Å². The van der Waals surface area contributed by atoms with Crippen molar-refractivity contribution in [2.24, 2.45) is 0 Å². The quantitative estimate of drug-likeness (QED) is 0.403. The maximum Gasteiger partial charge on any atom is 0.233 e. The second-order valence-corrected chi connectivity index (χ2v) is 8.30. The number of nitrogens with zero attached hydrogens (tertiary/aromatic N) is 4. The molecular formula is C22H32N4O2S. The van der Waals surface area contributed by atoms with Crippen LogP contribution in [0.4, 0.5) is 0 Å². The number of carbonyl (C=O) groups excluding carboxylic acids is 1. The van der Waals surface area contributed by atoms with Crippen LogP contribution in [0.3, 0.4) is 0 Å². The van der Waals surface area contributed by atoms with Crippen LogP contribution in [0.25, 0.3) is 0 Å². The van der Waals surface area contributed by atoms with Gasteiger partial charge in [0.2, 0.25) is 5.91 Å². The van der Waals surface area contributed by atoms with Gasteiger partial charge in [0.1, 0.15) is 12.4 Å². The minimum atomic E-state index is 0.0990. The third kappa shape index (κ3) is 6.35. The summed E-state index contributed by atoms with van der Waals surface area (Å²) in [5.41, 5.74) is 1.27. The summed E-state index contributed by atoms with van der Waals surface area (Å²) in [6.45, 7) is 15.0. The zero-order valence-corrected chi connectivity index (χ0v) is 18.9. The number of benzene rings is 1. The summed E-state index contributed by atoms with van der Waals surface area (Å²) in [5.74, 6) is 1.93. The average molecular weight is 417 g/mol. The lowest BCUT2D eigenvalue weighted by Crippen LogP contribution is -2.43. The maximum atomic E-state index is 12.6. The smallest absolute Gasteiger partial charge is 0.233 e. The van der Waals surface area contributed by atoms with E-state index in [1.807, 2.05) is 49.3 Å². The van der Waals surface area contributed by atoms with Gasteiger partial charge in [-0.05, 0) is 51.8 Å². The molecule has 2 aromatic rings. The number of thioether (sulfide) groups is 1. The third-order valence-electron chi connectivity index (χ3n) is 4.53. The topological polar surface area (TPSA) is 60.2 Å². The van der Waals surface area contributed by atoms with Gasteiger partial charge < -0.3 is 9.64 Å². The van der Waals surface area contributed by atoms with Crippen LogP contribution in [-0.4, -0.2) is 43.4 Å². The molecule has 1 aromatic heterocycles.